The van der Waals surface area contributed by atoms with Crippen molar-refractivity contribution in [3.8, 4) is 11.5 Å². The average Bonchev–Trinajstić information content (AvgIpc) is 2.85. The van der Waals surface area contributed by atoms with Crippen molar-refractivity contribution in [2.24, 2.45) is 7.05 Å². The monoisotopic (exact) mass is 292 g/mol. The van der Waals surface area contributed by atoms with E-state index in [0.717, 1.165) is 9.99 Å². The molecule has 3 aromatic rings. The van der Waals surface area contributed by atoms with Gasteiger partial charge in [-0.15, -0.1) is 0 Å². The molecule has 0 unspecified atom stereocenters. The maximum atomic E-state index is 5.88. The van der Waals surface area contributed by atoms with Crippen LogP contribution >= 0.6 is 15.9 Å². The summed E-state index contributed by atoms with van der Waals surface area (Å²) < 4.78 is 8.14. The molecule has 0 bridgehead atoms. The lowest BCUT2D eigenvalue weighted by Crippen LogP contribution is -1.97. The lowest BCUT2D eigenvalue weighted by molar-refractivity contribution is 0.618. The van der Waals surface area contributed by atoms with Gasteiger partial charge >= 0.3 is 0 Å². The molecule has 5 nitrogen and oxygen atoms in total. The zero-order chi connectivity index (χ0) is 12.0. The maximum Gasteiger partial charge on any atom is 0.232 e. The molecule has 1 aromatic carbocycles. The van der Waals surface area contributed by atoms with Crippen molar-refractivity contribution < 1.29 is 4.42 Å². The second-order valence-corrected chi connectivity index (χ2v) is 4.53. The number of anilines is 1. The third-order valence-corrected chi connectivity index (χ3v) is 3.21. The third-order valence-electron chi connectivity index (χ3n) is 2.58. The van der Waals surface area contributed by atoms with Crippen LogP contribution in [0.4, 0.5) is 5.82 Å². The minimum Gasteiger partial charge on any atom is -0.435 e. The molecule has 0 fully saturated rings. The molecule has 0 aliphatic carbocycles. The number of para-hydroxylation sites is 1. The molecule has 86 valence electrons. The average molecular weight is 293 g/mol. The van der Waals surface area contributed by atoms with Crippen LogP contribution in [0.1, 0.15) is 0 Å². The number of hydrogen-bond acceptors (Lipinski definition) is 4. The molecule has 0 aliphatic heterocycles. The Hall–Kier alpha value is -1.82. The smallest absolute Gasteiger partial charge is 0.232 e. The number of rotatable bonds is 1. The summed E-state index contributed by atoms with van der Waals surface area (Å²) in [7, 11) is 1.78. The summed E-state index contributed by atoms with van der Waals surface area (Å²) in [5, 5.41) is 4.07. The van der Waals surface area contributed by atoms with Crippen LogP contribution in [0.15, 0.2) is 33.3 Å². The van der Waals surface area contributed by atoms with E-state index in [-0.39, 0.29) is 0 Å². The van der Waals surface area contributed by atoms with Gasteiger partial charge in [0.05, 0.1) is 16.2 Å². The fourth-order valence-electron chi connectivity index (χ4n) is 1.64. The molecule has 0 amide bonds. The van der Waals surface area contributed by atoms with Crippen LogP contribution in [-0.4, -0.2) is 14.8 Å². The highest BCUT2D eigenvalue weighted by atomic mass is 79.9. The largest absolute Gasteiger partial charge is 0.435 e. The lowest BCUT2D eigenvalue weighted by atomic mass is 10.3. The Kier molecular flexibility index (Phi) is 2.19. The summed E-state index contributed by atoms with van der Waals surface area (Å²) in [5.74, 6) is 1.02. The predicted octanol–water partition coefficient (Wildman–Crippen LogP) is 2.57. The standard InChI is InChI=1S/C11H9BrN4O/c1-16-10(13)6(5-14-16)11-15-8-4-2-3-7(12)9(8)17-11/h2-5H,13H2,1H3. The second kappa shape index (κ2) is 3.59. The van der Waals surface area contributed by atoms with Crippen molar-refractivity contribution in [1.82, 2.24) is 14.8 Å². The number of nitrogens with two attached hydrogens (primary N) is 1. The van der Waals surface area contributed by atoms with Gasteiger partial charge in [0, 0.05) is 7.05 Å². The molecule has 17 heavy (non-hydrogen) atoms. The van der Waals surface area contributed by atoms with Crippen molar-refractivity contribution in [3.63, 3.8) is 0 Å². The fourth-order valence-corrected chi connectivity index (χ4v) is 2.08. The van der Waals surface area contributed by atoms with Gasteiger partial charge < -0.3 is 10.2 Å². The molecule has 0 atom stereocenters. The number of aromatic nitrogens is 3. The summed E-state index contributed by atoms with van der Waals surface area (Å²) >= 11 is 3.42. The van der Waals surface area contributed by atoms with Gasteiger partial charge in [0.15, 0.2) is 5.58 Å². The minimum absolute atomic E-state index is 0.484. The Morgan fingerprint density at radius 2 is 2.24 bits per heavy atom. The Bertz CT molecular complexity index is 701. The Morgan fingerprint density at radius 1 is 1.41 bits per heavy atom. The lowest BCUT2D eigenvalue weighted by Gasteiger charge is -1.94. The van der Waals surface area contributed by atoms with Crippen LogP contribution in [0.5, 0.6) is 0 Å². The quantitative estimate of drug-likeness (QED) is 0.748. The molecule has 2 heterocycles. The van der Waals surface area contributed by atoms with Crippen molar-refractivity contribution >= 4 is 32.8 Å². The van der Waals surface area contributed by atoms with Gasteiger partial charge in [0.1, 0.15) is 11.3 Å². The molecule has 0 saturated carbocycles. The van der Waals surface area contributed by atoms with Crippen molar-refractivity contribution in [2.75, 3.05) is 5.73 Å². The Morgan fingerprint density at radius 3 is 2.88 bits per heavy atom. The first-order chi connectivity index (χ1) is 8.16. The van der Waals surface area contributed by atoms with Crippen LogP contribution < -0.4 is 5.73 Å². The molecule has 0 saturated heterocycles. The van der Waals surface area contributed by atoms with Crippen LogP contribution in [0.2, 0.25) is 0 Å². The molecular weight excluding hydrogens is 284 g/mol. The summed E-state index contributed by atoms with van der Waals surface area (Å²) in [5.41, 5.74) is 8.09. The Labute approximate surface area is 105 Å². The molecule has 0 spiro atoms. The van der Waals surface area contributed by atoms with Crippen LogP contribution in [0, 0.1) is 0 Å². The number of halogens is 1. The highest BCUT2D eigenvalue weighted by Crippen LogP contribution is 2.31. The molecule has 3 rings (SSSR count). The molecule has 6 heteroatoms. The first kappa shape index (κ1) is 10.3. The van der Waals surface area contributed by atoms with E-state index in [2.05, 4.69) is 26.0 Å². The molecule has 2 N–H and O–H groups in total. The zero-order valence-corrected chi connectivity index (χ0v) is 10.6. The predicted molar refractivity (Wildman–Crippen MR) is 68.3 cm³/mol. The molecule has 0 radical (unpaired) electrons. The van der Waals surface area contributed by atoms with E-state index < -0.39 is 0 Å². The van der Waals surface area contributed by atoms with Crippen LogP contribution in [0.25, 0.3) is 22.6 Å². The summed E-state index contributed by atoms with van der Waals surface area (Å²) in [6, 6.07) is 5.70. The summed E-state index contributed by atoms with van der Waals surface area (Å²) in [6.07, 6.45) is 1.65. The topological polar surface area (TPSA) is 69.9 Å². The number of hydrogen-bond donors (Lipinski definition) is 1. The summed E-state index contributed by atoms with van der Waals surface area (Å²) in [6.45, 7) is 0. The van der Waals surface area contributed by atoms with E-state index in [1.54, 1.807) is 17.9 Å². The normalized spacial score (nSPS) is 11.2. The fraction of sp³-hybridized carbons (Fsp3) is 0.0909. The number of fused-ring (bicyclic) bond motifs is 1. The van der Waals surface area contributed by atoms with E-state index in [9.17, 15) is 0 Å². The maximum absolute atomic E-state index is 5.88. The van der Waals surface area contributed by atoms with Gasteiger partial charge in [0.2, 0.25) is 5.89 Å². The van der Waals surface area contributed by atoms with Crippen LogP contribution in [-0.2, 0) is 7.05 Å². The third kappa shape index (κ3) is 1.52. The Balaban J connectivity index is 2.25. The zero-order valence-electron chi connectivity index (χ0n) is 9.01. The van der Waals surface area contributed by atoms with Crippen molar-refractivity contribution in [3.05, 3.63) is 28.9 Å². The van der Waals surface area contributed by atoms with E-state index in [0.29, 0.717) is 22.9 Å². The van der Waals surface area contributed by atoms with Crippen LogP contribution in [0.3, 0.4) is 0 Å². The number of benzene rings is 1. The molecule has 2 aromatic heterocycles. The summed E-state index contributed by atoms with van der Waals surface area (Å²) in [4.78, 5) is 4.39. The van der Waals surface area contributed by atoms with Gasteiger partial charge in [-0.1, -0.05) is 6.07 Å². The first-order valence-corrected chi connectivity index (χ1v) is 5.79. The highest BCUT2D eigenvalue weighted by Gasteiger charge is 2.15. The van der Waals surface area contributed by atoms with E-state index >= 15 is 0 Å². The molecule has 0 aliphatic rings. The SMILES string of the molecule is Cn1ncc(-c2nc3cccc(Br)c3o2)c1N. The minimum atomic E-state index is 0.484. The second-order valence-electron chi connectivity index (χ2n) is 3.67. The number of nitrogen functional groups attached to an aromatic ring is 1. The van der Waals surface area contributed by atoms with Crippen molar-refractivity contribution in [1.29, 1.82) is 0 Å². The van der Waals surface area contributed by atoms with E-state index in [1.165, 1.54) is 0 Å². The number of oxazole rings is 1. The number of nitrogens with zero attached hydrogens (tertiary/aromatic N) is 3. The first-order valence-electron chi connectivity index (χ1n) is 4.99. The van der Waals surface area contributed by atoms with E-state index in [4.69, 9.17) is 10.2 Å². The van der Waals surface area contributed by atoms with Gasteiger partial charge in [-0.2, -0.15) is 5.10 Å². The molecular formula is C11H9BrN4O. The van der Waals surface area contributed by atoms with Gasteiger partial charge in [-0.3, -0.25) is 4.68 Å². The highest BCUT2D eigenvalue weighted by molar-refractivity contribution is 9.10. The number of aryl methyl sites for hydroxylation is 1. The van der Waals surface area contributed by atoms with E-state index in [1.807, 2.05) is 18.2 Å². The van der Waals surface area contributed by atoms with Crippen molar-refractivity contribution in [2.45, 2.75) is 0 Å². The van der Waals surface area contributed by atoms with Gasteiger partial charge in [-0.05, 0) is 28.1 Å². The van der Waals surface area contributed by atoms with Gasteiger partial charge in [0.25, 0.3) is 0 Å². The van der Waals surface area contributed by atoms with Gasteiger partial charge in [-0.25, -0.2) is 4.98 Å².